The van der Waals surface area contributed by atoms with Gasteiger partial charge in [0, 0.05) is 0 Å². The van der Waals surface area contributed by atoms with E-state index in [1.165, 1.54) is 6.92 Å². The highest BCUT2D eigenvalue weighted by Gasteiger charge is 2.14. The average Bonchev–Trinajstić information content (AvgIpc) is 2.29. The molecule has 2 aromatic rings. The van der Waals surface area contributed by atoms with Gasteiger partial charge in [-0.15, -0.1) is 5.10 Å². The summed E-state index contributed by atoms with van der Waals surface area (Å²) in [5.74, 6) is -0.119. The zero-order valence-electron chi connectivity index (χ0n) is 9.04. The highest BCUT2D eigenvalue weighted by Crippen LogP contribution is 2.06. The fourth-order valence-electron chi connectivity index (χ4n) is 1.43. The first-order chi connectivity index (χ1) is 7.61. The van der Waals surface area contributed by atoms with Crippen LogP contribution in [0.15, 0.2) is 29.1 Å². The SMILES string of the molecule is CC(=O)C(C)n1nnc2ccccc2c1=O. The van der Waals surface area contributed by atoms with Crippen LogP contribution in [0, 0.1) is 0 Å². The third-order valence-corrected chi connectivity index (χ3v) is 2.55. The van der Waals surface area contributed by atoms with E-state index in [1.54, 1.807) is 31.2 Å². The van der Waals surface area contributed by atoms with Gasteiger partial charge < -0.3 is 0 Å². The van der Waals surface area contributed by atoms with Crippen molar-refractivity contribution in [1.82, 2.24) is 15.0 Å². The van der Waals surface area contributed by atoms with Gasteiger partial charge in [0.25, 0.3) is 5.56 Å². The molecule has 1 heterocycles. The summed E-state index contributed by atoms with van der Waals surface area (Å²) in [6, 6.07) is 6.36. The summed E-state index contributed by atoms with van der Waals surface area (Å²) in [5, 5.41) is 8.14. The van der Waals surface area contributed by atoms with Gasteiger partial charge in [0.15, 0.2) is 5.78 Å². The van der Waals surface area contributed by atoms with E-state index < -0.39 is 6.04 Å². The van der Waals surface area contributed by atoms with E-state index in [9.17, 15) is 9.59 Å². The summed E-state index contributed by atoms with van der Waals surface area (Å²) in [4.78, 5) is 23.2. The Balaban J connectivity index is 2.70. The monoisotopic (exact) mass is 217 g/mol. The molecule has 0 bridgehead atoms. The maximum absolute atomic E-state index is 12.0. The molecule has 0 aliphatic carbocycles. The van der Waals surface area contributed by atoms with Gasteiger partial charge in [-0.1, -0.05) is 17.3 Å². The van der Waals surface area contributed by atoms with Crippen LogP contribution in [0.3, 0.4) is 0 Å². The topological polar surface area (TPSA) is 64.8 Å². The van der Waals surface area contributed by atoms with Gasteiger partial charge >= 0.3 is 0 Å². The van der Waals surface area contributed by atoms with E-state index in [1.807, 2.05) is 0 Å². The van der Waals surface area contributed by atoms with Gasteiger partial charge in [-0.05, 0) is 26.0 Å². The molecule has 5 heteroatoms. The number of hydrogen-bond donors (Lipinski definition) is 0. The minimum atomic E-state index is -0.579. The number of carbonyl (C=O) groups is 1. The van der Waals surface area contributed by atoms with Gasteiger partial charge in [0.2, 0.25) is 0 Å². The molecule has 0 aliphatic rings. The number of carbonyl (C=O) groups excluding carboxylic acids is 1. The normalized spacial score (nSPS) is 12.6. The predicted molar refractivity (Wildman–Crippen MR) is 59.2 cm³/mol. The first-order valence-corrected chi connectivity index (χ1v) is 4.96. The molecule has 16 heavy (non-hydrogen) atoms. The van der Waals surface area contributed by atoms with Gasteiger partial charge in [-0.25, -0.2) is 4.68 Å². The lowest BCUT2D eigenvalue weighted by Gasteiger charge is -2.09. The number of rotatable bonds is 2. The molecule has 82 valence electrons. The lowest BCUT2D eigenvalue weighted by Crippen LogP contribution is -2.30. The van der Waals surface area contributed by atoms with Crippen LogP contribution >= 0.6 is 0 Å². The van der Waals surface area contributed by atoms with Crippen LogP contribution in [0.1, 0.15) is 19.9 Å². The van der Waals surface area contributed by atoms with Crippen LogP contribution in [-0.2, 0) is 4.79 Å². The zero-order chi connectivity index (χ0) is 11.7. The van der Waals surface area contributed by atoms with E-state index in [4.69, 9.17) is 0 Å². The van der Waals surface area contributed by atoms with E-state index >= 15 is 0 Å². The molecule has 0 spiro atoms. The highest BCUT2D eigenvalue weighted by molar-refractivity contribution is 5.80. The number of fused-ring (bicyclic) bond motifs is 1. The first kappa shape index (κ1) is 10.5. The molecule has 2 rings (SSSR count). The Labute approximate surface area is 91.7 Å². The van der Waals surface area contributed by atoms with Crippen molar-refractivity contribution in [2.24, 2.45) is 0 Å². The number of Topliss-reactive ketones (excluding diaryl/α,β-unsaturated/α-hetero) is 1. The lowest BCUT2D eigenvalue weighted by molar-refractivity contribution is -0.120. The molecule has 0 fully saturated rings. The standard InChI is InChI=1S/C11H11N3O2/c1-7(8(2)15)14-11(16)9-5-3-4-6-10(9)12-13-14/h3-7H,1-2H3. The summed E-state index contributed by atoms with van der Waals surface area (Å²) in [6.07, 6.45) is 0. The van der Waals surface area contributed by atoms with E-state index in [0.717, 1.165) is 4.68 Å². The average molecular weight is 217 g/mol. The van der Waals surface area contributed by atoms with Crippen LogP contribution in [0.5, 0.6) is 0 Å². The largest absolute Gasteiger partial charge is 0.298 e. The van der Waals surface area contributed by atoms with Crippen LogP contribution in [-0.4, -0.2) is 20.8 Å². The molecule has 1 aromatic heterocycles. The van der Waals surface area contributed by atoms with Crippen molar-refractivity contribution in [3.63, 3.8) is 0 Å². The van der Waals surface area contributed by atoms with Crippen molar-refractivity contribution in [3.8, 4) is 0 Å². The van der Waals surface area contributed by atoms with Crippen molar-refractivity contribution < 1.29 is 4.79 Å². The molecular weight excluding hydrogens is 206 g/mol. The third kappa shape index (κ3) is 1.60. The number of ketones is 1. The van der Waals surface area contributed by atoms with Gasteiger partial charge in [-0.2, -0.15) is 0 Å². The Morgan fingerprint density at radius 2 is 2.06 bits per heavy atom. The second-order valence-electron chi connectivity index (χ2n) is 3.64. The summed E-state index contributed by atoms with van der Waals surface area (Å²) in [6.45, 7) is 3.06. The summed E-state index contributed by atoms with van der Waals surface area (Å²) in [5.41, 5.74) is 0.257. The van der Waals surface area contributed by atoms with Gasteiger partial charge in [0.05, 0.1) is 5.39 Å². The Bertz CT molecular complexity index is 603. The molecule has 0 radical (unpaired) electrons. The van der Waals surface area contributed by atoms with Gasteiger partial charge in [0.1, 0.15) is 11.6 Å². The van der Waals surface area contributed by atoms with E-state index in [0.29, 0.717) is 10.9 Å². The maximum Gasteiger partial charge on any atom is 0.278 e. The Hall–Kier alpha value is -2.04. The quantitative estimate of drug-likeness (QED) is 0.751. The molecule has 0 N–H and O–H groups in total. The van der Waals surface area contributed by atoms with Crippen molar-refractivity contribution in [2.45, 2.75) is 19.9 Å². The highest BCUT2D eigenvalue weighted by atomic mass is 16.1. The second kappa shape index (κ2) is 3.84. The fraction of sp³-hybridized carbons (Fsp3) is 0.273. The zero-order valence-corrected chi connectivity index (χ0v) is 9.04. The summed E-state index contributed by atoms with van der Waals surface area (Å²) >= 11 is 0. The molecule has 0 amide bonds. The van der Waals surface area contributed by atoms with E-state index in [-0.39, 0.29) is 11.3 Å². The Morgan fingerprint density at radius 3 is 2.75 bits per heavy atom. The molecule has 0 saturated carbocycles. The molecule has 0 aliphatic heterocycles. The van der Waals surface area contributed by atoms with Crippen molar-refractivity contribution >= 4 is 16.7 Å². The van der Waals surface area contributed by atoms with Crippen molar-refractivity contribution in [1.29, 1.82) is 0 Å². The molecule has 5 nitrogen and oxygen atoms in total. The van der Waals surface area contributed by atoms with Crippen LogP contribution in [0.25, 0.3) is 10.9 Å². The molecule has 0 saturated heterocycles. The minimum absolute atomic E-state index is 0.119. The third-order valence-electron chi connectivity index (χ3n) is 2.55. The van der Waals surface area contributed by atoms with Crippen LogP contribution < -0.4 is 5.56 Å². The minimum Gasteiger partial charge on any atom is -0.298 e. The summed E-state index contributed by atoms with van der Waals surface area (Å²) in [7, 11) is 0. The number of benzene rings is 1. The van der Waals surface area contributed by atoms with E-state index in [2.05, 4.69) is 10.3 Å². The van der Waals surface area contributed by atoms with Crippen LogP contribution in [0.2, 0.25) is 0 Å². The lowest BCUT2D eigenvalue weighted by atomic mass is 10.2. The second-order valence-corrected chi connectivity index (χ2v) is 3.64. The van der Waals surface area contributed by atoms with Crippen molar-refractivity contribution in [3.05, 3.63) is 34.6 Å². The Morgan fingerprint density at radius 1 is 1.38 bits per heavy atom. The predicted octanol–water partition coefficient (Wildman–Crippen LogP) is 0.941. The number of hydrogen-bond acceptors (Lipinski definition) is 4. The molecule has 1 aromatic carbocycles. The van der Waals surface area contributed by atoms with Gasteiger partial charge in [-0.3, -0.25) is 9.59 Å². The first-order valence-electron chi connectivity index (χ1n) is 4.96. The molecule has 1 atom stereocenters. The number of aromatic nitrogens is 3. The smallest absolute Gasteiger partial charge is 0.278 e. The molecule has 1 unspecified atom stereocenters. The maximum atomic E-state index is 12.0. The van der Waals surface area contributed by atoms with Crippen LogP contribution in [0.4, 0.5) is 0 Å². The summed E-state index contributed by atoms with van der Waals surface area (Å²) < 4.78 is 1.12. The number of nitrogens with zero attached hydrogens (tertiary/aromatic N) is 3. The van der Waals surface area contributed by atoms with Crippen molar-refractivity contribution in [2.75, 3.05) is 0 Å². The fourth-order valence-corrected chi connectivity index (χ4v) is 1.43. The molecular formula is C11H11N3O2. The Kier molecular flexibility index (Phi) is 2.52.